The summed E-state index contributed by atoms with van der Waals surface area (Å²) in [7, 11) is 0. The number of hydrogen-bond acceptors (Lipinski definition) is 3. The average Bonchev–Trinajstić information content (AvgIpc) is 2.80. The highest BCUT2D eigenvalue weighted by molar-refractivity contribution is 5.95. The van der Waals surface area contributed by atoms with Crippen molar-refractivity contribution in [1.29, 1.82) is 0 Å². The SMILES string of the molecule is CCN(C(=O)c1nc2ccccc2[nH]1)[C@@]12CCC[C@]1(N)C2. The van der Waals surface area contributed by atoms with Crippen molar-refractivity contribution in [3.05, 3.63) is 30.1 Å². The van der Waals surface area contributed by atoms with E-state index in [2.05, 4.69) is 9.97 Å². The molecule has 2 aliphatic carbocycles. The van der Waals surface area contributed by atoms with E-state index in [1.807, 2.05) is 36.1 Å². The summed E-state index contributed by atoms with van der Waals surface area (Å²) in [6.45, 7) is 2.70. The first-order valence-corrected chi connectivity index (χ1v) is 7.65. The zero-order chi connectivity index (χ0) is 14.7. The lowest BCUT2D eigenvalue weighted by Crippen LogP contribution is -2.48. The standard InChI is InChI=1S/C16H20N4O/c1-2-20(16-9-5-8-15(16,17)10-16)14(21)13-18-11-6-3-4-7-12(11)19-13/h3-4,6-7H,2,5,8-10,17H2,1H3,(H,18,19)/t15-,16+/m0/s1. The van der Waals surface area contributed by atoms with Gasteiger partial charge in [-0.3, -0.25) is 4.79 Å². The molecule has 2 fully saturated rings. The lowest BCUT2D eigenvalue weighted by atomic mass is 10.1. The monoisotopic (exact) mass is 284 g/mol. The molecule has 0 saturated heterocycles. The molecule has 110 valence electrons. The molecular weight excluding hydrogens is 264 g/mol. The summed E-state index contributed by atoms with van der Waals surface area (Å²) in [5.74, 6) is 0.400. The Bertz CT molecular complexity index is 687. The molecule has 0 aliphatic heterocycles. The molecule has 0 unspecified atom stereocenters. The lowest BCUT2D eigenvalue weighted by molar-refractivity contribution is 0.0633. The minimum atomic E-state index is -0.162. The summed E-state index contributed by atoms with van der Waals surface area (Å²) in [5, 5.41) is 0. The van der Waals surface area contributed by atoms with Crippen LogP contribution < -0.4 is 5.73 Å². The number of H-pyrrole nitrogens is 1. The van der Waals surface area contributed by atoms with E-state index in [0.717, 1.165) is 36.7 Å². The van der Waals surface area contributed by atoms with Crippen LogP contribution in [0.25, 0.3) is 11.0 Å². The first-order valence-electron chi connectivity index (χ1n) is 7.65. The van der Waals surface area contributed by atoms with Gasteiger partial charge in [-0.2, -0.15) is 0 Å². The van der Waals surface area contributed by atoms with Gasteiger partial charge in [-0.15, -0.1) is 0 Å². The number of rotatable bonds is 3. The number of benzene rings is 1. The number of hydrogen-bond donors (Lipinski definition) is 2. The summed E-state index contributed by atoms with van der Waals surface area (Å²) in [4.78, 5) is 22.4. The second kappa shape index (κ2) is 4.07. The van der Waals surface area contributed by atoms with Crippen LogP contribution in [0.2, 0.25) is 0 Å². The molecule has 4 rings (SSSR count). The fourth-order valence-electron chi connectivity index (χ4n) is 4.15. The quantitative estimate of drug-likeness (QED) is 0.905. The summed E-state index contributed by atoms with van der Waals surface area (Å²) < 4.78 is 0. The Morgan fingerprint density at radius 1 is 1.43 bits per heavy atom. The summed E-state index contributed by atoms with van der Waals surface area (Å²) in [6.07, 6.45) is 4.08. The van der Waals surface area contributed by atoms with Gasteiger partial charge in [-0.25, -0.2) is 4.98 Å². The number of nitrogens with one attached hydrogen (secondary N) is 1. The third kappa shape index (κ3) is 1.61. The van der Waals surface area contributed by atoms with Crippen molar-refractivity contribution in [3.8, 4) is 0 Å². The fourth-order valence-corrected chi connectivity index (χ4v) is 4.15. The molecule has 1 amide bonds. The Kier molecular flexibility index (Phi) is 2.49. The Labute approximate surface area is 123 Å². The number of carbonyl (C=O) groups is 1. The second-order valence-corrected chi connectivity index (χ2v) is 6.37. The van der Waals surface area contributed by atoms with Gasteiger partial charge in [-0.1, -0.05) is 12.1 Å². The van der Waals surface area contributed by atoms with Gasteiger partial charge in [0.25, 0.3) is 5.91 Å². The predicted octanol–water partition coefficient (Wildman–Crippen LogP) is 2.05. The van der Waals surface area contributed by atoms with E-state index in [4.69, 9.17) is 5.73 Å². The first kappa shape index (κ1) is 12.8. The lowest BCUT2D eigenvalue weighted by Gasteiger charge is -2.30. The van der Waals surface area contributed by atoms with E-state index >= 15 is 0 Å². The Morgan fingerprint density at radius 2 is 2.24 bits per heavy atom. The number of nitrogens with two attached hydrogens (primary N) is 1. The third-order valence-electron chi connectivity index (χ3n) is 5.29. The second-order valence-electron chi connectivity index (χ2n) is 6.37. The number of amides is 1. The van der Waals surface area contributed by atoms with Gasteiger partial charge < -0.3 is 15.6 Å². The highest BCUT2D eigenvalue weighted by Crippen LogP contribution is 2.61. The van der Waals surface area contributed by atoms with Crippen molar-refractivity contribution in [2.24, 2.45) is 5.73 Å². The molecule has 1 heterocycles. The topological polar surface area (TPSA) is 75.0 Å². The van der Waals surface area contributed by atoms with E-state index in [-0.39, 0.29) is 17.0 Å². The Morgan fingerprint density at radius 3 is 2.86 bits per heavy atom. The Hall–Kier alpha value is -1.88. The van der Waals surface area contributed by atoms with Gasteiger partial charge in [0, 0.05) is 12.1 Å². The zero-order valence-electron chi connectivity index (χ0n) is 12.2. The van der Waals surface area contributed by atoms with Crippen LogP contribution in [0.15, 0.2) is 24.3 Å². The van der Waals surface area contributed by atoms with Crippen LogP contribution in [-0.2, 0) is 0 Å². The molecule has 3 N–H and O–H groups in total. The van der Waals surface area contributed by atoms with Gasteiger partial charge in [0.05, 0.1) is 16.6 Å². The van der Waals surface area contributed by atoms with E-state index in [1.165, 1.54) is 0 Å². The maximum atomic E-state index is 12.9. The van der Waals surface area contributed by atoms with Crippen molar-refractivity contribution in [2.45, 2.75) is 43.7 Å². The summed E-state index contributed by atoms with van der Waals surface area (Å²) >= 11 is 0. The number of likely N-dealkylation sites (N-methyl/N-ethyl adjacent to an activating group) is 1. The molecule has 2 aliphatic rings. The van der Waals surface area contributed by atoms with Crippen LogP contribution >= 0.6 is 0 Å². The van der Waals surface area contributed by atoms with Gasteiger partial charge >= 0.3 is 0 Å². The number of nitrogens with zero attached hydrogens (tertiary/aromatic N) is 2. The zero-order valence-corrected chi connectivity index (χ0v) is 12.2. The number of para-hydroxylation sites is 2. The molecular formula is C16H20N4O. The maximum Gasteiger partial charge on any atom is 0.290 e. The van der Waals surface area contributed by atoms with Crippen molar-refractivity contribution in [1.82, 2.24) is 14.9 Å². The number of carbonyl (C=O) groups excluding carboxylic acids is 1. The number of aromatic nitrogens is 2. The molecule has 5 heteroatoms. The normalized spacial score (nSPS) is 30.4. The predicted molar refractivity (Wildman–Crippen MR) is 80.9 cm³/mol. The van der Waals surface area contributed by atoms with E-state index < -0.39 is 0 Å². The molecule has 2 saturated carbocycles. The van der Waals surface area contributed by atoms with Crippen LogP contribution in [0.3, 0.4) is 0 Å². The summed E-state index contributed by atoms with van der Waals surface area (Å²) in [6, 6.07) is 7.72. The maximum absolute atomic E-state index is 12.9. The van der Waals surface area contributed by atoms with Gasteiger partial charge in [0.15, 0.2) is 5.82 Å². The number of fused-ring (bicyclic) bond motifs is 2. The molecule has 21 heavy (non-hydrogen) atoms. The minimum absolute atomic E-state index is 0.0251. The molecule has 2 atom stereocenters. The van der Waals surface area contributed by atoms with E-state index in [1.54, 1.807) is 0 Å². The number of aromatic amines is 1. The van der Waals surface area contributed by atoms with Crippen molar-refractivity contribution in [3.63, 3.8) is 0 Å². The highest BCUT2D eigenvalue weighted by atomic mass is 16.2. The molecule has 1 aromatic carbocycles. The summed E-state index contributed by atoms with van der Waals surface area (Å²) in [5.41, 5.74) is 7.87. The first-order chi connectivity index (χ1) is 10.1. The molecule has 5 nitrogen and oxygen atoms in total. The van der Waals surface area contributed by atoms with Crippen molar-refractivity contribution < 1.29 is 4.79 Å². The largest absolute Gasteiger partial charge is 0.334 e. The molecule has 0 bridgehead atoms. The van der Waals surface area contributed by atoms with Crippen LogP contribution in [-0.4, -0.2) is 38.4 Å². The van der Waals surface area contributed by atoms with Gasteiger partial charge in [0.2, 0.25) is 0 Å². The van der Waals surface area contributed by atoms with Crippen LogP contribution in [0.4, 0.5) is 0 Å². The highest BCUT2D eigenvalue weighted by Gasteiger charge is 2.71. The molecule has 0 radical (unpaired) electrons. The Balaban J connectivity index is 1.70. The third-order valence-corrected chi connectivity index (χ3v) is 5.29. The van der Waals surface area contributed by atoms with Crippen molar-refractivity contribution >= 4 is 16.9 Å². The smallest absolute Gasteiger partial charge is 0.290 e. The van der Waals surface area contributed by atoms with Crippen LogP contribution in [0, 0.1) is 0 Å². The molecule has 0 spiro atoms. The van der Waals surface area contributed by atoms with Crippen LogP contribution in [0.5, 0.6) is 0 Å². The van der Waals surface area contributed by atoms with Crippen LogP contribution in [0.1, 0.15) is 43.2 Å². The fraction of sp³-hybridized carbons (Fsp3) is 0.500. The average molecular weight is 284 g/mol. The number of imidazole rings is 1. The van der Waals surface area contributed by atoms with Gasteiger partial charge in [-0.05, 0) is 44.7 Å². The molecule has 1 aromatic heterocycles. The van der Waals surface area contributed by atoms with Gasteiger partial charge in [0.1, 0.15) is 0 Å². The van der Waals surface area contributed by atoms with E-state index in [0.29, 0.717) is 12.4 Å². The molecule has 2 aromatic rings. The van der Waals surface area contributed by atoms with Crippen molar-refractivity contribution in [2.75, 3.05) is 6.54 Å². The van der Waals surface area contributed by atoms with E-state index in [9.17, 15) is 4.79 Å². The minimum Gasteiger partial charge on any atom is -0.334 e.